The van der Waals surface area contributed by atoms with Gasteiger partial charge in [0.1, 0.15) is 11.6 Å². The number of anilines is 1. The second-order valence-electron chi connectivity index (χ2n) is 5.73. The summed E-state index contributed by atoms with van der Waals surface area (Å²) < 4.78 is 15.4. The molecule has 0 saturated carbocycles. The second kappa shape index (κ2) is 6.66. The molecule has 122 valence electrons. The summed E-state index contributed by atoms with van der Waals surface area (Å²) in [6, 6.07) is 16.1. The Bertz CT molecular complexity index is 872. The number of rotatable bonds is 4. The Labute approximate surface area is 139 Å². The minimum Gasteiger partial charge on any atom is -0.307 e. The third-order valence-corrected chi connectivity index (χ3v) is 3.75. The molecule has 1 aromatic heterocycles. The maximum Gasteiger partial charge on any atom is 0.256 e. The highest BCUT2D eigenvalue weighted by Gasteiger charge is 2.13. The van der Waals surface area contributed by atoms with Crippen LogP contribution in [0.15, 0.2) is 54.6 Å². The van der Waals surface area contributed by atoms with Gasteiger partial charge >= 0.3 is 0 Å². The molecule has 0 aliphatic carbocycles. The van der Waals surface area contributed by atoms with Gasteiger partial charge in [0.2, 0.25) is 0 Å². The van der Waals surface area contributed by atoms with Gasteiger partial charge in [-0.1, -0.05) is 36.4 Å². The van der Waals surface area contributed by atoms with Gasteiger partial charge in [0.25, 0.3) is 5.91 Å². The maximum absolute atomic E-state index is 13.7. The first-order valence-electron chi connectivity index (χ1n) is 7.69. The van der Waals surface area contributed by atoms with Crippen molar-refractivity contribution >= 4 is 11.7 Å². The molecule has 0 bridgehead atoms. The molecule has 24 heavy (non-hydrogen) atoms. The lowest BCUT2D eigenvalue weighted by Gasteiger charge is -2.09. The predicted octanol–water partition coefficient (Wildman–Crippen LogP) is 3.94. The van der Waals surface area contributed by atoms with Gasteiger partial charge in [-0.25, -0.2) is 9.07 Å². The van der Waals surface area contributed by atoms with Gasteiger partial charge in [-0.05, 0) is 37.1 Å². The van der Waals surface area contributed by atoms with Crippen molar-refractivity contribution in [2.75, 3.05) is 5.32 Å². The summed E-state index contributed by atoms with van der Waals surface area (Å²) in [7, 11) is 0. The van der Waals surface area contributed by atoms with Crippen LogP contribution in [0.1, 0.15) is 27.2 Å². The van der Waals surface area contributed by atoms with Crippen LogP contribution in [0, 0.1) is 19.7 Å². The number of carbonyl (C=O) groups excluding carboxylic acids is 1. The van der Waals surface area contributed by atoms with Gasteiger partial charge in [-0.3, -0.25) is 4.79 Å². The van der Waals surface area contributed by atoms with Gasteiger partial charge in [-0.2, -0.15) is 5.10 Å². The SMILES string of the molecule is Cc1cc(NC(=O)c2ccc(C)c(F)c2)n(Cc2ccccc2)n1. The van der Waals surface area contributed by atoms with Crippen molar-refractivity contribution in [1.29, 1.82) is 0 Å². The lowest BCUT2D eigenvalue weighted by molar-refractivity contribution is 0.102. The number of halogens is 1. The number of hydrogen-bond donors (Lipinski definition) is 1. The molecular formula is C19H18FN3O. The highest BCUT2D eigenvalue weighted by atomic mass is 19.1. The first kappa shape index (κ1) is 15.9. The summed E-state index contributed by atoms with van der Waals surface area (Å²) in [4.78, 5) is 12.4. The van der Waals surface area contributed by atoms with E-state index in [1.807, 2.05) is 37.3 Å². The van der Waals surface area contributed by atoms with E-state index in [-0.39, 0.29) is 11.5 Å². The topological polar surface area (TPSA) is 46.9 Å². The molecule has 0 unspecified atom stereocenters. The molecule has 0 atom stereocenters. The number of nitrogens with one attached hydrogen (secondary N) is 1. The highest BCUT2D eigenvalue weighted by Crippen LogP contribution is 2.16. The van der Waals surface area contributed by atoms with E-state index >= 15 is 0 Å². The lowest BCUT2D eigenvalue weighted by atomic mass is 10.1. The van der Waals surface area contributed by atoms with E-state index in [4.69, 9.17) is 0 Å². The maximum atomic E-state index is 13.7. The largest absolute Gasteiger partial charge is 0.307 e. The quantitative estimate of drug-likeness (QED) is 0.790. The fourth-order valence-electron chi connectivity index (χ4n) is 2.45. The number of nitrogens with zero attached hydrogens (tertiary/aromatic N) is 2. The Morgan fingerprint density at radius 1 is 1.12 bits per heavy atom. The number of hydrogen-bond acceptors (Lipinski definition) is 2. The minimum atomic E-state index is -0.392. The van der Waals surface area contributed by atoms with Crippen LogP contribution in [0.4, 0.5) is 10.2 Å². The van der Waals surface area contributed by atoms with E-state index in [1.54, 1.807) is 29.8 Å². The zero-order chi connectivity index (χ0) is 17.1. The Morgan fingerprint density at radius 2 is 1.88 bits per heavy atom. The zero-order valence-electron chi connectivity index (χ0n) is 13.6. The fourth-order valence-corrected chi connectivity index (χ4v) is 2.45. The summed E-state index contributed by atoms with van der Waals surface area (Å²) in [6.45, 7) is 4.07. The Hall–Kier alpha value is -2.95. The molecule has 0 spiro atoms. The van der Waals surface area contributed by atoms with Gasteiger partial charge < -0.3 is 5.32 Å². The Balaban J connectivity index is 1.82. The van der Waals surface area contributed by atoms with Crippen LogP contribution in [0.3, 0.4) is 0 Å². The molecule has 0 radical (unpaired) electrons. The van der Waals surface area contributed by atoms with E-state index in [9.17, 15) is 9.18 Å². The van der Waals surface area contributed by atoms with E-state index in [2.05, 4.69) is 10.4 Å². The summed E-state index contributed by atoms with van der Waals surface area (Å²) in [6.07, 6.45) is 0. The Kier molecular flexibility index (Phi) is 4.42. The fraction of sp³-hybridized carbons (Fsp3) is 0.158. The molecular weight excluding hydrogens is 305 g/mol. The van der Waals surface area contributed by atoms with E-state index in [1.165, 1.54) is 6.07 Å². The molecule has 5 heteroatoms. The molecule has 1 heterocycles. The van der Waals surface area contributed by atoms with Crippen LogP contribution in [0.25, 0.3) is 0 Å². The number of amides is 1. The first-order valence-corrected chi connectivity index (χ1v) is 7.69. The van der Waals surface area contributed by atoms with Crippen molar-refractivity contribution in [3.05, 3.63) is 82.8 Å². The first-order chi connectivity index (χ1) is 11.5. The number of carbonyl (C=O) groups is 1. The van der Waals surface area contributed by atoms with Crippen molar-refractivity contribution in [1.82, 2.24) is 9.78 Å². The van der Waals surface area contributed by atoms with E-state index in [0.717, 1.165) is 11.3 Å². The average Bonchev–Trinajstić information content (AvgIpc) is 2.90. The third-order valence-electron chi connectivity index (χ3n) is 3.75. The predicted molar refractivity (Wildman–Crippen MR) is 91.6 cm³/mol. The molecule has 4 nitrogen and oxygen atoms in total. The average molecular weight is 323 g/mol. The highest BCUT2D eigenvalue weighted by molar-refractivity contribution is 6.03. The van der Waals surface area contributed by atoms with Crippen LogP contribution in [0.5, 0.6) is 0 Å². The van der Waals surface area contributed by atoms with Crippen LogP contribution < -0.4 is 5.32 Å². The van der Waals surface area contributed by atoms with Crippen molar-refractivity contribution in [2.24, 2.45) is 0 Å². The van der Waals surface area contributed by atoms with Gasteiger partial charge in [0.05, 0.1) is 12.2 Å². The molecule has 1 N–H and O–H groups in total. The number of benzene rings is 2. The zero-order valence-corrected chi connectivity index (χ0v) is 13.6. The van der Waals surface area contributed by atoms with Crippen LogP contribution >= 0.6 is 0 Å². The van der Waals surface area contributed by atoms with Crippen LogP contribution in [-0.2, 0) is 6.54 Å². The van der Waals surface area contributed by atoms with Crippen molar-refractivity contribution in [2.45, 2.75) is 20.4 Å². The van der Waals surface area contributed by atoms with Crippen molar-refractivity contribution < 1.29 is 9.18 Å². The van der Waals surface area contributed by atoms with E-state index in [0.29, 0.717) is 17.9 Å². The molecule has 2 aromatic carbocycles. The third kappa shape index (κ3) is 3.51. The smallest absolute Gasteiger partial charge is 0.256 e. The van der Waals surface area contributed by atoms with Crippen LogP contribution in [0.2, 0.25) is 0 Å². The molecule has 1 amide bonds. The minimum absolute atomic E-state index is 0.281. The van der Waals surface area contributed by atoms with Gasteiger partial charge in [-0.15, -0.1) is 0 Å². The molecule has 0 fully saturated rings. The molecule has 3 aromatic rings. The summed E-state index contributed by atoms with van der Waals surface area (Å²) in [5, 5.41) is 7.22. The van der Waals surface area contributed by atoms with Crippen molar-refractivity contribution in [3.8, 4) is 0 Å². The van der Waals surface area contributed by atoms with E-state index < -0.39 is 5.82 Å². The monoisotopic (exact) mass is 323 g/mol. The second-order valence-corrected chi connectivity index (χ2v) is 5.73. The standard InChI is InChI=1S/C19H18FN3O/c1-13-8-9-16(11-17(13)20)19(24)21-18-10-14(2)22-23(18)12-15-6-4-3-5-7-15/h3-11H,12H2,1-2H3,(H,21,24). The molecule has 0 saturated heterocycles. The molecule has 0 aliphatic rings. The summed E-state index contributed by atoms with van der Waals surface area (Å²) in [5.41, 5.74) is 2.67. The van der Waals surface area contributed by atoms with Crippen molar-refractivity contribution in [3.63, 3.8) is 0 Å². The number of aromatic nitrogens is 2. The number of aryl methyl sites for hydroxylation is 2. The lowest BCUT2D eigenvalue weighted by Crippen LogP contribution is -2.16. The summed E-state index contributed by atoms with van der Waals surface area (Å²) in [5.74, 6) is -0.165. The van der Waals surface area contributed by atoms with Gasteiger partial charge in [0.15, 0.2) is 0 Å². The van der Waals surface area contributed by atoms with Gasteiger partial charge in [0, 0.05) is 11.6 Å². The molecule has 3 rings (SSSR count). The normalized spacial score (nSPS) is 10.6. The summed E-state index contributed by atoms with van der Waals surface area (Å²) >= 11 is 0. The Morgan fingerprint density at radius 3 is 2.58 bits per heavy atom. The molecule has 0 aliphatic heterocycles. The van der Waals surface area contributed by atoms with Crippen LogP contribution in [-0.4, -0.2) is 15.7 Å².